The minimum absolute atomic E-state index is 0.229. The lowest BCUT2D eigenvalue weighted by atomic mass is 9.67. The van der Waals surface area contributed by atoms with Gasteiger partial charge in [-0.1, -0.05) is 51.3 Å². The Hall–Kier alpha value is -0.786. The molecular formula is C25H41NOSi2. The molecule has 2 nitrogen and oxygen atoms in total. The van der Waals surface area contributed by atoms with Crippen molar-refractivity contribution >= 4 is 16.1 Å². The molecular weight excluding hydrogens is 386 g/mol. The number of piperidine rings is 1. The summed E-state index contributed by atoms with van der Waals surface area (Å²) in [7, 11) is -2.54. The quantitative estimate of drug-likeness (QED) is 0.302. The Balaban J connectivity index is 1.66. The highest BCUT2D eigenvalue weighted by molar-refractivity contribution is 6.84. The second-order valence-electron chi connectivity index (χ2n) is 11.4. The average molecular weight is 428 g/mol. The van der Waals surface area contributed by atoms with E-state index in [1.165, 1.54) is 51.4 Å². The fraction of sp³-hybridized carbons (Fsp3) is 0.760. The van der Waals surface area contributed by atoms with Crippen molar-refractivity contribution < 1.29 is 4.84 Å². The zero-order valence-corrected chi connectivity index (χ0v) is 21.6. The molecule has 1 spiro atoms. The van der Waals surface area contributed by atoms with Gasteiger partial charge in [-0.25, -0.2) is 0 Å². The van der Waals surface area contributed by atoms with Crippen LogP contribution in [0.2, 0.25) is 39.3 Å². The van der Waals surface area contributed by atoms with Gasteiger partial charge in [-0.15, -0.1) is 17.0 Å². The van der Waals surface area contributed by atoms with Gasteiger partial charge in [0.25, 0.3) is 0 Å². The van der Waals surface area contributed by atoms with E-state index in [2.05, 4.69) is 79.4 Å². The third-order valence-electron chi connectivity index (χ3n) is 6.42. The van der Waals surface area contributed by atoms with Gasteiger partial charge in [0, 0.05) is 18.4 Å². The second-order valence-corrected chi connectivity index (χ2v) is 20.9. The van der Waals surface area contributed by atoms with Gasteiger partial charge in [0.15, 0.2) is 0 Å². The minimum Gasteiger partial charge on any atom is -0.294 e. The Morgan fingerprint density at radius 3 is 2.38 bits per heavy atom. The third-order valence-corrected chi connectivity index (χ3v) is 8.24. The lowest BCUT2D eigenvalue weighted by Crippen LogP contribution is -2.55. The molecule has 3 aliphatic rings. The number of unbranched alkanes of at least 4 members (excludes halogenated alkanes) is 1. The molecule has 4 heteroatoms. The Morgan fingerprint density at radius 1 is 1.00 bits per heavy atom. The van der Waals surface area contributed by atoms with E-state index in [4.69, 9.17) is 4.84 Å². The molecule has 2 heterocycles. The van der Waals surface area contributed by atoms with E-state index in [9.17, 15) is 0 Å². The van der Waals surface area contributed by atoms with Crippen LogP contribution in [0.15, 0.2) is 12.2 Å². The van der Waals surface area contributed by atoms with Crippen molar-refractivity contribution in [1.82, 2.24) is 5.06 Å². The number of fused-ring (bicyclic) bond motifs is 1. The third kappa shape index (κ3) is 5.89. The van der Waals surface area contributed by atoms with Crippen LogP contribution in [0.5, 0.6) is 0 Å². The molecule has 3 rings (SSSR count). The van der Waals surface area contributed by atoms with E-state index in [0.29, 0.717) is 18.1 Å². The summed E-state index contributed by atoms with van der Waals surface area (Å²) in [5.41, 5.74) is 7.22. The summed E-state index contributed by atoms with van der Waals surface area (Å²) in [5.74, 6) is 7.32. The van der Waals surface area contributed by atoms with Crippen LogP contribution in [0.3, 0.4) is 0 Å². The molecule has 2 saturated heterocycles. The van der Waals surface area contributed by atoms with E-state index in [0.717, 1.165) is 6.42 Å². The molecule has 1 saturated carbocycles. The summed E-state index contributed by atoms with van der Waals surface area (Å²) < 4.78 is 0. The predicted octanol–water partition coefficient (Wildman–Crippen LogP) is 6.18. The first-order chi connectivity index (χ1) is 13.6. The van der Waals surface area contributed by atoms with E-state index in [1.807, 2.05) is 0 Å². The molecule has 3 fully saturated rings. The zero-order chi connectivity index (χ0) is 21.1. The smallest absolute Gasteiger partial charge is 0.129 e. The summed E-state index contributed by atoms with van der Waals surface area (Å²) in [5, 5.41) is 2.49. The van der Waals surface area contributed by atoms with Crippen LogP contribution in [-0.4, -0.2) is 38.9 Å². The minimum atomic E-state index is -1.31. The summed E-state index contributed by atoms with van der Waals surface area (Å²) in [6.45, 7) is 13.9. The Labute approximate surface area is 181 Å². The van der Waals surface area contributed by atoms with Crippen LogP contribution in [-0.2, 0) is 4.84 Å². The van der Waals surface area contributed by atoms with Gasteiger partial charge in [-0.3, -0.25) is 4.84 Å². The normalized spacial score (nSPS) is 32.3. The van der Waals surface area contributed by atoms with Crippen LogP contribution in [0, 0.1) is 28.8 Å². The van der Waals surface area contributed by atoms with Gasteiger partial charge in [0.05, 0.1) is 11.6 Å². The molecule has 160 valence electrons. The van der Waals surface area contributed by atoms with Crippen molar-refractivity contribution in [2.75, 3.05) is 0 Å². The van der Waals surface area contributed by atoms with Gasteiger partial charge in [-0.2, -0.15) is 5.06 Å². The fourth-order valence-corrected chi connectivity index (χ4v) is 6.44. The van der Waals surface area contributed by atoms with Crippen LogP contribution in [0.1, 0.15) is 57.8 Å². The largest absolute Gasteiger partial charge is 0.294 e. The highest BCUT2D eigenvalue weighted by Gasteiger charge is 2.58. The Morgan fingerprint density at radius 2 is 1.69 bits per heavy atom. The molecule has 29 heavy (non-hydrogen) atoms. The van der Waals surface area contributed by atoms with Crippen molar-refractivity contribution in [3.8, 4) is 22.9 Å². The van der Waals surface area contributed by atoms with Crippen LogP contribution in [0.4, 0.5) is 0 Å². The number of nitrogens with zero attached hydrogens (tertiary/aromatic N) is 1. The summed E-state index contributed by atoms with van der Waals surface area (Å²) in [4.78, 5) is 6.63. The van der Waals surface area contributed by atoms with Gasteiger partial charge in [0.1, 0.15) is 16.1 Å². The van der Waals surface area contributed by atoms with E-state index >= 15 is 0 Å². The monoisotopic (exact) mass is 427 g/mol. The van der Waals surface area contributed by atoms with Gasteiger partial charge in [-0.05, 0) is 57.4 Å². The topological polar surface area (TPSA) is 12.5 Å². The number of rotatable bonds is 4. The summed E-state index contributed by atoms with van der Waals surface area (Å²) in [6, 6.07) is 0.574. The lowest BCUT2D eigenvalue weighted by Gasteiger charge is -2.48. The molecule has 1 aliphatic carbocycles. The Kier molecular flexibility index (Phi) is 7.22. The van der Waals surface area contributed by atoms with E-state index in [-0.39, 0.29) is 5.54 Å². The maximum absolute atomic E-state index is 6.63. The first kappa shape index (κ1) is 22.9. The zero-order valence-electron chi connectivity index (χ0n) is 19.6. The standard InChI is InChI=1S/C25H41NOSi2/c1-28(2,3)20-10-7-8-14-22-15-12-18-25-19-13-17-24(27-26(22)25)23(25)16-9-11-21-29(4,5)6/h9,16,22-24H,7-8,12-15,17-19H2,1-6H3/b16-9+/t22-,23?,24?,25?/m1/s1. The molecule has 0 aromatic heterocycles. The van der Waals surface area contributed by atoms with Crippen LogP contribution in [0.25, 0.3) is 0 Å². The van der Waals surface area contributed by atoms with E-state index < -0.39 is 16.1 Å². The molecule has 0 aromatic carbocycles. The maximum atomic E-state index is 6.63. The summed E-state index contributed by atoms with van der Waals surface area (Å²) >= 11 is 0. The average Bonchev–Trinajstić information content (AvgIpc) is 2.78. The molecule has 2 aliphatic heterocycles. The highest BCUT2D eigenvalue weighted by Crippen LogP contribution is 2.54. The fourth-order valence-electron chi connectivity index (χ4n) is 5.27. The lowest BCUT2D eigenvalue weighted by molar-refractivity contribution is -0.223. The molecule has 0 radical (unpaired) electrons. The van der Waals surface area contributed by atoms with E-state index in [1.54, 1.807) is 0 Å². The van der Waals surface area contributed by atoms with Crippen molar-refractivity contribution in [3.05, 3.63) is 12.2 Å². The molecule has 3 unspecified atom stereocenters. The summed E-state index contributed by atoms with van der Waals surface area (Å²) in [6.07, 6.45) is 16.1. The molecule has 0 amide bonds. The number of hydroxylamine groups is 2. The van der Waals surface area contributed by atoms with Crippen molar-refractivity contribution in [2.24, 2.45) is 5.92 Å². The van der Waals surface area contributed by atoms with Crippen molar-refractivity contribution in [2.45, 2.75) is 115 Å². The molecule has 4 atom stereocenters. The van der Waals surface area contributed by atoms with Gasteiger partial charge in [0.2, 0.25) is 0 Å². The number of hydrogen-bond acceptors (Lipinski definition) is 2. The first-order valence-electron chi connectivity index (χ1n) is 11.8. The Bertz CT molecular complexity index is 720. The maximum Gasteiger partial charge on any atom is 0.129 e. The van der Waals surface area contributed by atoms with Crippen molar-refractivity contribution in [3.63, 3.8) is 0 Å². The molecule has 0 aromatic rings. The van der Waals surface area contributed by atoms with Crippen LogP contribution < -0.4 is 0 Å². The first-order valence-corrected chi connectivity index (χ1v) is 18.8. The van der Waals surface area contributed by atoms with Gasteiger partial charge < -0.3 is 0 Å². The molecule has 2 bridgehead atoms. The highest BCUT2D eigenvalue weighted by atomic mass is 28.3. The van der Waals surface area contributed by atoms with Crippen molar-refractivity contribution in [1.29, 1.82) is 0 Å². The molecule has 0 N–H and O–H groups in total. The van der Waals surface area contributed by atoms with Gasteiger partial charge >= 0.3 is 0 Å². The van der Waals surface area contributed by atoms with Crippen LogP contribution >= 0.6 is 0 Å². The second kappa shape index (κ2) is 9.15. The SMILES string of the molecule is C[Si](C)(C)C#C/C=C/C1C2CCCC13CCC[C@@H](CCCC#C[Si](C)(C)C)N3O2. The number of hydrogen-bond donors (Lipinski definition) is 0. The number of allylic oxidation sites excluding steroid dienone is 1. The predicted molar refractivity (Wildman–Crippen MR) is 130 cm³/mol.